The maximum atomic E-state index is 11.8. The van der Waals surface area contributed by atoms with E-state index in [0.29, 0.717) is 24.7 Å². The van der Waals surface area contributed by atoms with E-state index in [1.54, 1.807) is 6.92 Å². The second kappa shape index (κ2) is 14.7. The topological polar surface area (TPSA) is 61.8 Å². The van der Waals surface area contributed by atoms with E-state index in [1.807, 2.05) is 37.3 Å². The molecule has 0 bridgehead atoms. The van der Waals surface area contributed by atoms with Gasteiger partial charge in [-0.25, -0.2) is 0 Å². The molecule has 1 aliphatic rings. The molecule has 0 aromatic heterocycles. The first-order valence-electron chi connectivity index (χ1n) is 14.0. The lowest BCUT2D eigenvalue weighted by Gasteiger charge is -2.15. The third-order valence-corrected chi connectivity index (χ3v) is 8.53. The average Bonchev–Trinajstić information content (AvgIpc) is 3.16. The molecule has 0 radical (unpaired) electrons. The zero-order chi connectivity index (χ0) is 28.3. The second-order valence-electron chi connectivity index (χ2n) is 9.88. The van der Waals surface area contributed by atoms with E-state index in [1.165, 1.54) is 29.4 Å². The molecule has 2 atom stereocenters. The minimum atomic E-state index is -0.748. The summed E-state index contributed by atoms with van der Waals surface area (Å²) in [5, 5.41) is 0. The van der Waals surface area contributed by atoms with Gasteiger partial charge in [0, 0.05) is 22.3 Å². The molecule has 0 spiro atoms. The quantitative estimate of drug-likeness (QED) is 0.142. The Balaban J connectivity index is 1.42. The van der Waals surface area contributed by atoms with Gasteiger partial charge in [0.2, 0.25) is 0 Å². The van der Waals surface area contributed by atoms with E-state index in [4.69, 9.17) is 14.2 Å². The van der Waals surface area contributed by atoms with Crippen molar-refractivity contribution in [3.05, 3.63) is 82.9 Å². The molecule has 0 saturated carbocycles. The van der Waals surface area contributed by atoms with Gasteiger partial charge in [-0.3, -0.25) is 9.00 Å². The Hall–Kier alpha value is -3.56. The largest absolute Gasteiger partial charge is 0.494 e. The van der Waals surface area contributed by atoms with Crippen LogP contribution >= 0.6 is 0 Å². The van der Waals surface area contributed by atoms with Gasteiger partial charge in [0.1, 0.15) is 18.1 Å². The first-order chi connectivity index (χ1) is 19.5. The first kappa shape index (κ1) is 29.4. The lowest BCUT2D eigenvalue weighted by molar-refractivity contribution is -0.140. The molecule has 0 fully saturated rings. The van der Waals surface area contributed by atoms with E-state index in [-0.39, 0.29) is 18.3 Å². The Morgan fingerprint density at radius 3 is 2.48 bits per heavy atom. The summed E-state index contributed by atoms with van der Waals surface area (Å²) < 4.78 is 28.6. The van der Waals surface area contributed by atoms with Crippen LogP contribution in [0.3, 0.4) is 0 Å². The minimum Gasteiger partial charge on any atom is -0.494 e. The Morgan fingerprint density at radius 2 is 1.73 bits per heavy atom. The van der Waals surface area contributed by atoms with E-state index in [9.17, 15) is 9.00 Å². The molecule has 40 heavy (non-hydrogen) atoms. The zero-order valence-corrected chi connectivity index (χ0v) is 24.5. The van der Waals surface area contributed by atoms with Crippen LogP contribution in [0.4, 0.5) is 0 Å². The summed E-state index contributed by atoms with van der Waals surface area (Å²) in [6, 6.07) is 20.8. The van der Waals surface area contributed by atoms with Gasteiger partial charge in [-0.15, -0.1) is 5.92 Å². The van der Waals surface area contributed by atoms with Crippen LogP contribution < -0.4 is 9.47 Å². The highest BCUT2D eigenvalue weighted by molar-refractivity contribution is 7.84. The zero-order valence-electron chi connectivity index (χ0n) is 23.7. The molecule has 210 valence electrons. The van der Waals surface area contributed by atoms with Crippen molar-refractivity contribution in [2.75, 3.05) is 25.2 Å². The first-order valence-corrected chi connectivity index (χ1v) is 15.4. The van der Waals surface area contributed by atoms with E-state index >= 15 is 0 Å². The molecular weight excluding hydrogens is 520 g/mol. The second-order valence-corrected chi connectivity index (χ2v) is 11.7. The van der Waals surface area contributed by atoms with E-state index < -0.39 is 10.8 Å². The average molecular weight is 559 g/mol. The molecule has 5 nitrogen and oxygen atoms in total. The molecule has 0 aliphatic heterocycles. The Labute approximate surface area is 240 Å². The van der Waals surface area contributed by atoms with Crippen molar-refractivity contribution in [3.8, 4) is 34.5 Å². The Kier molecular flexibility index (Phi) is 10.8. The van der Waals surface area contributed by atoms with Crippen molar-refractivity contribution in [2.45, 2.75) is 58.5 Å². The molecule has 0 heterocycles. The number of fused-ring (bicyclic) bond motifs is 3. The van der Waals surface area contributed by atoms with Gasteiger partial charge in [0.05, 0.1) is 26.1 Å². The summed E-state index contributed by atoms with van der Waals surface area (Å²) >= 11 is 0. The number of rotatable bonds is 12. The molecule has 0 amide bonds. The van der Waals surface area contributed by atoms with Crippen molar-refractivity contribution in [3.63, 3.8) is 0 Å². The van der Waals surface area contributed by atoms with Gasteiger partial charge in [0.25, 0.3) is 0 Å². The van der Waals surface area contributed by atoms with Crippen LogP contribution in [-0.4, -0.2) is 35.4 Å². The van der Waals surface area contributed by atoms with Gasteiger partial charge >= 0.3 is 5.97 Å². The van der Waals surface area contributed by atoms with Crippen molar-refractivity contribution >= 4 is 16.8 Å². The fraction of sp³-hybridized carbons (Fsp3) is 0.382. The fourth-order valence-corrected chi connectivity index (χ4v) is 5.70. The molecule has 1 aliphatic carbocycles. The highest BCUT2D eigenvalue weighted by Crippen LogP contribution is 2.35. The number of carbonyl (C=O) groups excluding carboxylic acids is 1. The van der Waals surface area contributed by atoms with Gasteiger partial charge in [-0.05, 0) is 96.3 Å². The van der Waals surface area contributed by atoms with E-state index in [0.717, 1.165) is 48.3 Å². The van der Waals surface area contributed by atoms with Gasteiger partial charge < -0.3 is 14.2 Å². The summed E-state index contributed by atoms with van der Waals surface area (Å²) in [5.41, 5.74) is 7.26. The monoisotopic (exact) mass is 558 g/mol. The van der Waals surface area contributed by atoms with Crippen molar-refractivity contribution in [1.29, 1.82) is 0 Å². The molecule has 0 saturated heterocycles. The predicted molar refractivity (Wildman–Crippen MR) is 161 cm³/mol. The minimum absolute atomic E-state index is 0.200. The number of aryl methyl sites for hydroxylation is 2. The number of carbonyl (C=O) groups is 1. The number of ether oxygens (including phenoxy) is 3. The fourth-order valence-electron chi connectivity index (χ4n) is 4.97. The van der Waals surface area contributed by atoms with Crippen LogP contribution in [0.25, 0.3) is 11.1 Å². The predicted octanol–water partition coefficient (Wildman–Crippen LogP) is 6.63. The van der Waals surface area contributed by atoms with Crippen LogP contribution in [0.1, 0.15) is 61.3 Å². The lowest BCUT2D eigenvalue weighted by atomic mass is 9.95. The van der Waals surface area contributed by atoms with Crippen LogP contribution in [0.5, 0.6) is 11.5 Å². The maximum Gasteiger partial charge on any atom is 0.307 e. The van der Waals surface area contributed by atoms with Crippen molar-refractivity contribution < 1.29 is 23.2 Å². The molecular formula is C34H38O5S. The Morgan fingerprint density at radius 1 is 0.950 bits per heavy atom. The van der Waals surface area contributed by atoms with E-state index in [2.05, 4.69) is 42.2 Å². The molecule has 0 N–H and O–H groups in total. The van der Waals surface area contributed by atoms with Crippen LogP contribution in [0.2, 0.25) is 0 Å². The van der Waals surface area contributed by atoms with Gasteiger partial charge in [-0.2, -0.15) is 0 Å². The normalized spacial score (nSPS) is 13.5. The summed E-state index contributed by atoms with van der Waals surface area (Å²) in [4.78, 5) is 11.8. The highest BCUT2D eigenvalue weighted by atomic mass is 32.2. The molecule has 3 aromatic carbocycles. The summed E-state index contributed by atoms with van der Waals surface area (Å²) in [5.74, 6) is 8.56. The molecule has 6 heteroatoms. The van der Waals surface area contributed by atoms with Crippen LogP contribution in [0, 0.1) is 11.8 Å². The van der Waals surface area contributed by atoms with Gasteiger partial charge in [0.15, 0.2) is 0 Å². The molecule has 2 unspecified atom stereocenters. The van der Waals surface area contributed by atoms with Crippen LogP contribution in [-0.2, 0) is 39.8 Å². The van der Waals surface area contributed by atoms with Crippen molar-refractivity contribution in [2.24, 2.45) is 0 Å². The van der Waals surface area contributed by atoms with Crippen molar-refractivity contribution in [1.82, 2.24) is 0 Å². The number of esters is 1. The number of methoxy groups -OCH3 is 1. The third-order valence-electron chi connectivity index (χ3n) is 7.15. The Bertz CT molecular complexity index is 1380. The number of benzene rings is 3. The summed E-state index contributed by atoms with van der Waals surface area (Å²) in [6.45, 7) is 4.77. The molecule has 3 aromatic rings. The standard InChI is InChI=1S/C34H38O5S/c1-4-8-28(23-34(35)37-3)26-13-15-30(16-14-26)39-24-25-11-12-27-9-6-10-29-22-31(17-18-32(29)33(27)21-25)38-19-7-20-40(36)5-2/h11-18,21-22,28H,5-7,9-10,19-20,23-24H2,1-3H3. The van der Waals surface area contributed by atoms with Gasteiger partial charge in [-0.1, -0.05) is 43.2 Å². The lowest BCUT2D eigenvalue weighted by Crippen LogP contribution is -2.07. The summed E-state index contributed by atoms with van der Waals surface area (Å²) in [7, 11) is 0.646. The summed E-state index contributed by atoms with van der Waals surface area (Å²) in [6.07, 6.45) is 4.17. The SMILES string of the molecule is CC#CC(CC(=O)OC)c1ccc(OCc2ccc3c(c2)-c2ccc(OCCCS(=O)CC)cc2CCC3)cc1. The van der Waals surface area contributed by atoms with Crippen LogP contribution in [0.15, 0.2) is 60.7 Å². The third kappa shape index (κ3) is 7.99. The highest BCUT2D eigenvalue weighted by Gasteiger charge is 2.17. The number of hydrogen-bond donors (Lipinski definition) is 0. The molecule has 4 rings (SSSR count). The smallest absolute Gasteiger partial charge is 0.307 e. The number of hydrogen-bond acceptors (Lipinski definition) is 5. The maximum absolute atomic E-state index is 11.8.